The van der Waals surface area contributed by atoms with Gasteiger partial charge in [0.15, 0.2) is 5.96 Å². The molecule has 2 aromatic rings. The highest BCUT2D eigenvalue weighted by Crippen LogP contribution is 2.35. The summed E-state index contributed by atoms with van der Waals surface area (Å²) in [7, 11) is 0. The zero-order chi connectivity index (χ0) is 27.2. The predicted molar refractivity (Wildman–Crippen MR) is 149 cm³/mol. The number of primary amides is 1. The molecule has 0 radical (unpaired) electrons. The molecule has 0 spiro atoms. The smallest absolute Gasteiger partial charge is 0.325 e. The Morgan fingerprint density at radius 2 is 1.87 bits per heavy atom. The van der Waals surface area contributed by atoms with Gasteiger partial charge < -0.3 is 31.2 Å². The molecule has 1 saturated carbocycles. The van der Waals surface area contributed by atoms with Crippen LogP contribution in [0.15, 0.2) is 53.5 Å². The molecule has 2 aliphatic heterocycles. The van der Waals surface area contributed by atoms with Crippen molar-refractivity contribution in [2.75, 3.05) is 13.2 Å². The maximum absolute atomic E-state index is 12.5. The quantitative estimate of drug-likeness (QED) is 0.399. The van der Waals surface area contributed by atoms with E-state index in [1.807, 2.05) is 48.5 Å². The number of guanidine groups is 1. The van der Waals surface area contributed by atoms with Crippen LogP contribution < -0.4 is 21.5 Å². The first-order chi connectivity index (χ1) is 19.0. The largest absolute Gasteiger partial charge is 0.493 e. The van der Waals surface area contributed by atoms with Gasteiger partial charge in [-0.25, -0.2) is 4.99 Å². The standard InChI is InChI=1S/C30H39N5O4/c31-29(37)22(26-14-13-21-9-4-5-10-24(21)33-26)15-16-38-27-12-6-11-25-23(27)17-35(30(32)34-25)18-28(36)39-19-20-7-2-1-3-8-20/h1-3,6-8,11-12,21-22,24,26,33H,4-5,9-10,13-19H2,(H2,31,37)(H2,32,34). The summed E-state index contributed by atoms with van der Waals surface area (Å²) in [6.45, 7) is 0.908. The number of nitrogens with two attached hydrogens (primary N) is 2. The molecule has 208 valence electrons. The summed E-state index contributed by atoms with van der Waals surface area (Å²) in [5.41, 5.74) is 14.5. The second-order valence-electron chi connectivity index (χ2n) is 10.9. The van der Waals surface area contributed by atoms with Crippen LogP contribution >= 0.6 is 0 Å². The minimum atomic E-state index is -0.386. The summed E-state index contributed by atoms with van der Waals surface area (Å²) in [5, 5.41) is 3.75. The fourth-order valence-corrected chi connectivity index (χ4v) is 6.17. The number of rotatable bonds is 10. The van der Waals surface area contributed by atoms with Crippen LogP contribution in [0.4, 0.5) is 5.69 Å². The van der Waals surface area contributed by atoms with Gasteiger partial charge in [-0.2, -0.15) is 0 Å². The summed E-state index contributed by atoms with van der Waals surface area (Å²) in [6, 6.07) is 15.7. The predicted octanol–water partition coefficient (Wildman–Crippen LogP) is 3.37. The molecule has 9 heteroatoms. The minimum Gasteiger partial charge on any atom is -0.493 e. The van der Waals surface area contributed by atoms with Gasteiger partial charge >= 0.3 is 5.97 Å². The third-order valence-electron chi connectivity index (χ3n) is 8.30. The Bertz CT molecular complexity index is 1190. The second-order valence-corrected chi connectivity index (χ2v) is 10.9. The van der Waals surface area contributed by atoms with Crippen LogP contribution in [0.5, 0.6) is 5.75 Å². The number of nitrogens with one attached hydrogen (secondary N) is 1. The molecule has 4 atom stereocenters. The van der Waals surface area contributed by atoms with Gasteiger partial charge in [0, 0.05) is 17.6 Å². The second kappa shape index (κ2) is 12.5. The highest BCUT2D eigenvalue weighted by Gasteiger charge is 2.36. The van der Waals surface area contributed by atoms with Crippen molar-refractivity contribution in [1.29, 1.82) is 0 Å². The summed E-state index contributed by atoms with van der Waals surface area (Å²) >= 11 is 0. The molecule has 2 aromatic carbocycles. The topological polar surface area (TPSA) is 132 Å². The first-order valence-corrected chi connectivity index (χ1v) is 14.1. The van der Waals surface area contributed by atoms with Gasteiger partial charge in [0.2, 0.25) is 5.91 Å². The SMILES string of the molecule is NC(=O)C(CCOc1cccc2c1CN(CC(=O)OCc1ccccc1)C(N)=N2)C1CCC2CCCCC2N1. The Kier molecular flexibility index (Phi) is 8.66. The molecule has 0 bridgehead atoms. The molecule has 2 heterocycles. The summed E-state index contributed by atoms with van der Waals surface area (Å²) in [6.07, 6.45) is 7.68. The van der Waals surface area contributed by atoms with E-state index in [-0.39, 0.29) is 42.9 Å². The molecular formula is C30H39N5O4. The maximum Gasteiger partial charge on any atom is 0.325 e. The number of ether oxygens (including phenoxy) is 2. The summed E-state index contributed by atoms with van der Waals surface area (Å²) in [4.78, 5) is 31.1. The van der Waals surface area contributed by atoms with Gasteiger partial charge in [-0.3, -0.25) is 9.59 Å². The van der Waals surface area contributed by atoms with Crippen molar-refractivity contribution in [3.8, 4) is 5.75 Å². The fourth-order valence-electron chi connectivity index (χ4n) is 6.17. The van der Waals surface area contributed by atoms with E-state index in [0.29, 0.717) is 37.1 Å². The van der Waals surface area contributed by atoms with E-state index in [4.69, 9.17) is 20.9 Å². The number of carbonyl (C=O) groups is 2. The lowest BCUT2D eigenvalue weighted by Gasteiger charge is -2.42. The first kappa shape index (κ1) is 27.0. The van der Waals surface area contributed by atoms with Crippen molar-refractivity contribution < 1.29 is 19.1 Å². The maximum atomic E-state index is 12.5. The molecule has 39 heavy (non-hydrogen) atoms. The Hall–Kier alpha value is -3.59. The molecule has 1 aliphatic carbocycles. The van der Waals surface area contributed by atoms with E-state index < -0.39 is 0 Å². The number of fused-ring (bicyclic) bond motifs is 2. The number of aliphatic imine (C=N–C) groups is 1. The van der Waals surface area contributed by atoms with Crippen molar-refractivity contribution in [1.82, 2.24) is 10.2 Å². The number of benzene rings is 2. The molecule has 9 nitrogen and oxygen atoms in total. The highest BCUT2D eigenvalue weighted by molar-refractivity contribution is 5.87. The van der Waals surface area contributed by atoms with Crippen LogP contribution in [0.2, 0.25) is 0 Å². The third-order valence-corrected chi connectivity index (χ3v) is 8.30. The molecule has 0 aromatic heterocycles. The normalized spacial score (nSPS) is 23.1. The molecule has 3 aliphatic rings. The van der Waals surface area contributed by atoms with Crippen molar-refractivity contribution in [3.63, 3.8) is 0 Å². The lowest BCUT2D eigenvalue weighted by Crippen LogP contribution is -2.54. The molecule has 4 unspecified atom stereocenters. The van der Waals surface area contributed by atoms with Gasteiger partial charge in [0.25, 0.3) is 0 Å². The summed E-state index contributed by atoms with van der Waals surface area (Å²) < 4.78 is 11.6. The van der Waals surface area contributed by atoms with Gasteiger partial charge in [-0.15, -0.1) is 0 Å². The van der Waals surface area contributed by atoms with Crippen molar-refractivity contribution in [2.24, 2.45) is 28.3 Å². The lowest BCUT2D eigenvalue weighted by molar-refractivity contribution is -0.145. The monoisotopic (exact) mass is 533 g/mol. The zero-order valence-electron chi connectivity index (χ0n) is 22.4. The average Bonchev–Trinajstić information content (AvgIpc) is 2.95. The van der Waals surface area contributed by atoms with Crippen LogP contribution in [0, 0.1) is 11.8 Å². The van der Waals surface area contributed by atoms with Crippen LogP contribution in [-0.2, 0) is 27.5 Å². The Balaban J connectivity index is 1.17. The van der Waals surface area contributed by atoms with Crippen LogP contribution in [0.1, 0.15) is 56.1 Å². The molecule has 1 amide bonds. The number of hydrogen-bond donors (Lipinski definition) is 3. The first-order valence-electron chi connectivity index (χ1n) is 14.1. The minimum absolute atomic E-state index is 0.0186. The van der Waals surface area contributed by atoms with Crippen molar-refractivity contribution in [2.45, 2.75) is 70.2 Å². The van der Waals surface area contributed by atoms with Crippen LogP contribution in [0.3, 0.4) is 0 Å². The van der Waals surface area contributed by atoms with E-state index in [0.717, 1.165) is 29.9 Å². The van der Waals surface area contributed by atoms with Crippen LogP contribution in [-0.4, -0.2) is 48.0 Å². The van der Waals surface area contributed by atoms with Gasteiger partial charge in [-0.05, 0) is 55.7 Å². The zero-order valence-corrected chi connectivity index (χ0v) is 22.4. The Morgan fingerprint density at radius 3 is 2.69 bits per heavy atom. The van der Waals surface area contributed by atoms with Gasteiger partial charge in [0.05, 0.1) is 24.8 Å². The fraction of sp³-hybridized carbons (Fsp3) is 0.500. The van der Waals surface area contributed by atoms with E-state index in [2.05, 4.69) is 10.3 Å². The van der Waals surface area contributed by atoms with E-state index in [9.17, 15) is 9.59 Å². The van der Waals surface area contributed by atoms with Gasteiger partial charge in [0.1, 0.15) is 18.9 Å². The van der Waals surface area contributed by atoms with Gasteiger partial charge in [-0.1, -0.05) is 49.2 Å². The molecular weight excluding hydrogens is 494 g/mol. The number of amides is 1. The number of nitrogens with zero attached hydrogens (tertiary/aromatic N) is 2. The van der Waals surface area contributed by atoms with E-state index in [1.165, 1.54) is 25.7 Å². The summed E-state index contributed by atoms with van der Waals surface area (Å²) in [5.74, 6) is 0.702. The number of esters is 1. The molecule has 2 fully saturated rings. The van der Waals surface area contributed by atoms with E-state index in [1.54, 1.807) is 4.90 Å². The highest BCUT2D eigenvalue weighted by atomic mass is 16.5. The number of piperidine rings is 1. The number of hydrogen-bond acceptors (Lipinski definition) is 8. The van der Waals surface area contributed by atoms with Crippen molar-refractivity contribution in [3.05, 3.63) is 59.7 Å². The Labute approximate surface area is 229 Å². The third kappa shape index (κ3) is 6.71. The molecule has 5 rings (SSSR count). The lowest BCUT2D eigenvalue weighted by atomic mass is 9.75. The van der Waals surface area contributed by atoms with Crippen molar-refractivity contribution >= 4 is 23.5 Å². The Morgan fingerprint density at radius 1 is 1.05 bits per heavy atom. The molecule has 5 N–H and O–H groups in total. The average molecular weight is 534 g/mol. The van der Waals surface area contributed by atoms with Crippen LogP contribution in [0.25, 0.3) is 0 Å². The molecule has 1 saturated heterocycles. The van der Waals surface area contributed by atoms with E-state index >= 15 is 0 Å². The number of carbonyl (C=O) groups excluding carboxylic acids is 2.